The molecule has 0 radical (unpaired) electrons. The molecule has 0 aliphatic heterocycles. The van der Waals surface area contributed by atoms with E-state index in [-0.39, 0.29) is 17.6 Å². The average molecular weight is 284 g/mol. The zero-order valence-corrected chi connectivity index (χ0v) is 11.0. The molecule has 0 aromatic carbocycles. The van der Waals surface area contributed by atoms with E-state index in [0.717, 1.165) is 0 Å². The van der Waals surface area contributed by atoms with Gasteiger partial charge in [0.1, 0.15) is 12.2 Å². The van der Waals surface area contributed by atoms with Gasteiger partial charge < -0.3 is 20.5 Å². The minimum atomic E-state index is -1.07. The van der Waals surface area contributed by atoms with Crippen LogP contribution in [0.15, 0.2) is 11.6 Å². The Morgan fingerprint density at radius 1 is 1.63 bits per heavy atom. The molecule has 0 fully saturated rings. The van der Waals surface area contributed by atoms with Gasteiger partial charge in [-0.2, -0.15) is 9.38 Å². The van der Waals surface area contributed by atoms with Crippen LogP contribution in [0.3, 0.4) is 0 Å². The molecule has 9 heteroatoms. The van der Waals surface area contributed by atoms with Gasteiger partial charge in [-0.25, -0.2) is 4.79 Å². The van der Waals surface area contributed by atoms with Gasteiger partial charge in [0.2, 0.25) is 5.82 Å². The standard InChI is InChI=1S/C10H12N4O4S/c1-5(2)6(9(15)16)11-7-8(14(17)18)13-3-4-19-10(13)12-7/h3-6,11H,1-2H3,(H,15,16). The highest BCUT2D eigenvalue weighted by Gasteiger charge is 2.29. The molecule has 2 heterocycles. The normalized spacial score (nSPS) is 12.8. The van der Waals surface area contributed by atoms with Crippen LogP contribution in [-0.4, -0.2) is 31.4 Å². The van der Waals surface area contributed by atoms with Crippen LogP contribution in [0.4, 0.5) is 11.6 Å². The molecule has 0 aliphatic rings. The Kier molecular flexibility index (Phi) is 3.38. The van der Waals surface area contributed by atoms with E-state index < -0.39 is 16.9 Å². The predicted molar refractivity (Wildman–Crippen MR) is 69.6 cm³/mol. The SMILES string of the molecule is CC(C)C(Nc1nc2sccn2c1[N+](=O)[O-])C(=O)O. The summed E-state index contributed by atoms with van der Waals surface area (Å²) in [6.45, 7) is 3.44. The molecule has 0 amide bonds. The number of carbonyl (C=O) groups is 1. The summed E-state index contributed by atoms with van der Waals surface area (Å²) in [6.07, 6.45) is 1.53. The van der Waals surface area contributed by atoms with Crippen LogP contribution in [-0.2, 0) is 4.79 Å². The van der Waals surface area contributed by atoms with Crippen molar-refractivity contribution in [1.29, 1.82) is 0 Å². The Morgan fingerprint density at radius 2 is 2.32 bits per heavy atom. The van der Waals surface area contributed by atoms with Gasteiger partial charge >= 0.3 is 11.8 Å². The number of anilines is 1. The van der Waals surface area contributed by atoms with E-state index in [1.807, 2.05) is 0 Å². The molecule has 1 atom stereocenters. The summed E-state index contributed by atoms with van der Waals surface area (Å²) < 4.78 is 1.33. The van der Waals surface area contributed by atoms with Crippen molar-refractivity contribution >= 4 is 33.9 Å². The van der Waals surface area contributed by atoms with Gasteiger partial charge in [0, 0.05) is 5.38 Å². The fourth-order valence-electron chi connectivity index (χ4n) is 1.71. The Morgan fingerprint density at radius 3 is 2.84 bits per heavy atom. The Labute approximate surface area is 111 Å². The van der Waals surface area contributed by atoms with Crippen molar-refractivity contribution in [2.75, 3.05) is 5.32 Å². The third-order valence-corrected chi connectivity index (χ3v) is 3.39. The Balaban J connectivity index is 2.44. The first kappa shape index (κ1) is 13.3. The number of imidazole rings is 1. The van der Waals surface area contributed by atoms with E-state index in [2.05, 4.69) is 10.3 Å². The molecule has 8 nitrogen and oxygen atoms in total. The lowest BCUT2D eigenvalue weighted by Gasteiger charge is -2.16. The summed E-state index contributed by atoms with van der Waals surface area (Å²) in [5.41, 5.74) is 0. The summed E-state index contributed by atoms with van der Waals surface area (Å²) in [7, 11) is 0. The average Bonchev–Trinajstić information content (AvgIpc) is 2.82. The number of hydrogen-bond acceptors (Lipinski definition) is 6. The fraction of sp³-hybridized carbons (Fsp3) is 0.400. The monoisotopic (exact) mass is 284 g/mol. The molecular formula is C10H12N4O4S. The number of fused-ring (bicyclic) bond motifs is 1. The van der Waals surface area contributed by atoms with Gasteiger partial charge in [0.05, 0.1) is 0 Å². The van der Waals surface area contributed by atoms with Crippen molar-refractivity contribution in [3.63, 3.8) is 0 Å². The number of nitro groups is 1. The highest BCUT2D eigenvalue weighted by molar-refractivity contribution is 7.15. The minimum Gasteiger partial charge on any atom is -0.480 e. The summed E-state index contributed by atoms with van der Waals surface area (Å²) in [5.74, 6) is -1.56. The predicted octanol–water partition coefficient (Wildman–Crippen LogP) is 1.83. The number of nitrogens with one attached hydrogen (secondary N) is 1. The molecule has 2 rings (SSSR count). The van der Waals surface area contributed by atoms with Crippen LogP contribution >= 0.6 is 11.3 Å². The van der Waals surface area contributed by atoms with Crippen LogP contribution in [0.5, 0.6) is 0 Å². The highest BCUT2D eigenvalue weighted by Crippen LogP contribution is 2.29. The van der Waals surface area contributed by atoms with E-state index in [1.54, 1.807) is 19.2 Å². The zero-order chi connectivity index (χ0) is 14.2. The largest absolute Gasteiger partial charge is 0.480 e. The van der Waals surface area contributed by atoms with E-state index >= 15 is 0 Å². The van der Waals surface area contributed by atoms with Gasteiger partial charge in [-0.15, -0.1) is 0 Å². The maximum atomic E-state index is 11.1. The first-order valence-electron chi connectivity index (χ1n) is 5.51. The second-order valence-electron chi connectivity index (χ2n) is 4.30. The smallest absolute Gasteiger partial charge is 0.372 e. The molecule has 102 valence electrons. The minimum absolute atomic E-state index is 0.0158. The summed E-state index contributed by atoms with van der Waals surface area (Å²) in [4.78, 5) is 26.1. The van der Waals surface area contributed by atoms with Crippen molar-refractivity contribution in [3.8, 4) is 0 Å². The quantitative estimate of drug-likeness (QED) is 0.640. The molecule has 0 bridgehead atoms. The topological polar surface area (TPSA) is 110 Å². The van der Waals surface area contributed by atoms with Crippen LogP contribution < -0.4 is 5.32 Å². The van der Waals surface area contributed by atoms with E-state index in [1.165, 1.54) is 21.9 Å². The number of nitrogens with zero attached hydrogens (tertiary/aromatic N) is 3. The number of hydrogen-bond donors (Lipinski definition) is 2. The Bertz CT molecular complexity index is 633. The van der Waals surface area contributed by atoms with Crippen molar-refractivity contribution < 1.29 is 14.8 Å². The second kappa shape index (κ2) is 4.84. The van der Waals surface area contributed by atoms with Crippen molar-refractivity contribution in [2.24, 2.45) is 5.92 Å². The number of aromatic nitrogens is 2. The number of aliphatic carboxylic acids is 1. The lowest BCUT2D eigenvalue weighted by Crippen LogP contribution is -2.34. The molecule has 1 unspecified atom stereocenters. The number of carboxylic acid groups (broad SMARTS) is 1. The van der Waals surface area contributed by atoms with Crippen molar-refractivity contribution in [3.05, 3.63) is 21.7 Å². The Hall–Kier alpha value is -2.16. The number of thiazole rings is 1. The van der Waals surface area contributed by atoms with Crippen molar-refractivity contribution in [1.82, 2.24) is 9.38 Å². The van der Waals surface area contributed by atoms with Crippen molar-refractivity contribution in [2.45, 2.75) is 19.9 Å². The molecule has 0 aliphatic carbocycles. The zero-order valence-electron chi connectivity index (χ0n) is 10.2. The van der Waals surface area contributed by atoms with E-state index in [9.17, 15) is 14.9 Å². The molecule has 2 aromatic rings. The number of rotatable bonds is 5. The fourth-order valence-corrected chi connectivity index (χ4v) is 2.42. The molecule has 0 saturated carbocycles. The third-order valence-electron chi connectivity index (χ3n) is 2.63. The molecule has 2 aromatic heterocycles. The molecule has 2 N–H and O–H groups in total. The van der Waals surface area contributed by atoms with Crippen LogP contribution in [0.2, 0.25) is 0 Å². The maximum absolute atomic E-state index is 11.1. The van der Waals surface area contributed by atoms with Crippen LogP contribution in [0, 0.1) is 16.0 Å². The van der Waals surface area contributed by atoms with E-state index in [0.29, 0.717) is 4.96 Å². The van der Waals surface area contributed by atoms with Gasteiger partial charge in [-0.1, -0.05) is 25.2 Å². The molecule has 0 spiro atoms. The maximum Gasteiger partial charge on any atom is 0.372 e. The van der Waals surface area contributed by atoms with Crippen LogP contribution in [0.25, 0.3) is 4.96 Å². The lowest BCUT2D eigenvalue weighted by atomic mass is 10.1. The highest BCUT2D eigenvalue weighted by atomic mass is 32.1. The summed E-state index contributed by atoms with van der Waals surface area (Å²) in [6, 6.07) is -0.927. The van der Waals surface area contributed by atoms with Gasteiger partial charge in [-0.05, 0) is 10.8 Å². The second-order valence-corrected chi connectivity index (χ2v) is 5.17. The van der Waals surface area contributed by atoms with Gasteiger partial charge in [0.25, 0.3) is 4.96 Å². The first-order valence-corrected chi connectivity index (χ1v) is 6.39. The van der Waals surface area contributed by atoms with Gasteiger partial charge in [0.15, 0.2) is 0 Å². The summed E-state index contributed by atoms with van der Waals surface area (Å²) >= 11 is 1.24. The van der Waals surface area contributed by atoms with Gasteiger partial charge in [-0.3, -0.25) is 0 Å². The number of carboxylic acids is 1. The lowest BCUT2D eigenvalue weighted by molar-refractivity contribution is -0.389. The molecule has 0 saturated heterocycles. The molecule has 19 heavy (non-hydrogen) atoms. The van der Waals surface area contributed by atoms with E-state index in [4.69, 9.17) is 5.11 Å². The molecular weight excluding hydrogens is 272 g/mol. The first-order chi connectivity index (χ1) is 8.91. The summed E-state index contributed by atoms with van der Waals surface area (Å²) in [5, 5.41) is 24.5. The third kappa shape index (κ3) is 2.36. The van der Waals surface area contributed by atoms with Crippen LogP contribution in [0.1, 0.15) is 13.8 Å².